The smallest absolute Gasteiger partial charge is 0.249 e. The summed E-state index contributed by atoms with van der Waals surface area (Å²) in [6.07, 6.45) is 3.84. The molecule has 0 bridgehead atoms. The van der Waals surface area contributed by atoms with Crippen LogP contribution < -0.4 is 5.32 Å². The van der Waals surface area contributed by atoms with Gasteiger partial charge in [-0.05, 0) is 25.0 Å². The van der Waals surface area contributed by atoms with Crippen LogP contribution in [0.25, 0.3) is 0 Å². The Bertz CT molecular complexity index is 522. The van der Waals surface area contributed by atoms with E-state index in [9.17, 15) is 4.79 Å². The zero-order chi connectivity index (χ0) is 13.0. The molecule has 0 unspecified atom stereocenters. The van der Waals surface area contributed by atoms with E-state index in [0.717, 1.165) is 17.7 Å². The number of nitrogens with one attached hydrogen (secondary N) is 1. The predicted molar refractivity (Wildman–Crippen MR) is 69.2 cm³/mol. The molecule has 1 amide bonds. The molecule has 0 aliphatic carbocycles. The van der Waals surface area contributed by atoms with Gasteiger partial charge in [-0.1, -0.05) is 25.1 Å². The molecule has 1 heterocycles. The first-order valence-electron chi connectivity index (χ1n) is 5.95. The second-order valence-corrected chi connectivity index (χ2v) is 4.05. The van der Waals surface area contributed by atoms with Gasteiger partial charge in [0.05, 0.1) is 0 Å². The van der Waals surface area contributed by atoms with Crippen LogP contribution >= 0.6 is 0 Å². The SMILES string of the molecule is CCc1ccccc1NC(=O)[C@@H](C)n1cncn1. The fourth-order valence-electron chi connectivity index (χ4n) is 1.73. The topological polar surface area (TPSA) is 59.8 Å². The molecule has 1 aromatic carbocycles. The molecular weight excluding hydrogens is 228 g/mol. The summed E-state index contributed by atoms with van der Waals surface area (Å²) < 4.78 is 1.53. The quantitative estimate of drug-likeness (QED) is 0.895. The first-order valence-corrected chi connectivity index (χ1v) is 5.95. The maximum atomic E-state index is 12.1. The Morgan fingerprint density at radius 1 is 1.44 bits per heavy atom. The van der Waals surface area contributed by atoms with Crippen LogP contribution in [0.1, 0.15) is 25.5 Å². The number of carbonyl (C=O) groups excluding carboxylic acids is 1. The van der Waals surface area contributed by atoms with Gasteiger partial charge >= 0.3 is 0 Å². The molecule has 0 spiro atoms. The van der Waals surface area contributed by atoms with E-state index in [1.165, 1.54) is 17.3 Å². The molecule has 2 aromatic rings. The molecule has 0 saturated carbocycles. The van der Waals surface area contributed by atoms with E-state index >= 15 is 0 Å². The molecule has 0 saturated heterocycles. The summed E-state index contributed by atoms with van der Waals surface area (Å²) in [5, 5.41) is 6.89. The molecule has 0 aliphatic heterocycles. The number of para-hydroxylation sites is 1. The zero-order valence-corrected chi connectivity index (χ0v) is 10.5. The van der Waals surface area contributed by atoms with Gasteiger partial charge in [0.25, 0.3) is 0 Å². The minimum Gasteiger partial charge on any atom is -0.324 e. The van der Waals surface area contributed by atoms with E-state index in [4.69, 9.17) is 0 Å². The van der Waals surface area contributed by atoms with Crippen molar-refractivity contribution in [3.8, 4) is 0 Å². The number of hydrogen-bond donors (Lipinski definition) is 1. The number of aryl methyl sites for hydroxylation is 1. The van der Waals surface area contributed by atoms with E-state index < -0.39 is 0 Å². The molecule has 0 radical (unpaired) electrons. The number of carbonyl (C=O) groups is 1. The lowest BCUT2D eigenvalue weighted by Crippen LogP contribution is -2.24. The third kappa shape index (κ3) is 2.56. The molecule has 1 N–H and O–H groups in total. The van der Waals surface area contributed by atoms with Gasteiger partial charge in [-0.3, -0.25) is 4.79 Å². The van der Waals surface area contributed by atoms with Crippen molar-refractivity contribution in [2.24, 2.45) is 0 Å². The Morgan fingerprint density at radius 3 is 2.89 bits per heavy atom. The third-order valence-corrected chi connectivity index (χ3v) is 2.87. The molecule has 0 aliphatic rings. The van der Waals surface area contributed by atoms with Crippen LogP contribution in [0.2, 0.25) is 0 Å². The first kappa shape index (κ1) is 12.3. The van der Waals surface area contributed by atoms with Crippen molar-refractivity contribution >= 4 is 11.6 Å². The molecule has 18 heavy (non-hydrogen) atoms. The van der Waals surface area contributed by atoms with Gasteiger partial charge < -0.3 is 5.32 Å². The summed E-state index contributed by atoms with van der Waals surface area (Å²) >= 11 is 0. The Labute approximate surface area is 106 Å². The number of aromatic nitrogens is 3. The lowest BCUT2D eigenvalue weighted by molar-refractivity contribution is -0.119. The number of benzene rings is 1. The summed E-state index contributed by atoms with van der Waals surface area (Å²) in [7, 11) is 0. The number of rotatable bonds is 4. The van der Waals surface area contributed by atoms with Gasteiger partial charge in [-0.2, -0.15) is 5.10 Å². The Hall–Kier alpha value is -2.17. The van der Waals surface area contributed by atoms with Crippen molar-refractivity contribution in [3.63, 3.8) is 0 Å². The van der Waals surface area contributed by atoms with Gasteiger partial charge in [0.15, 0.2) is 0 Å². The summed E-state index contributed by atoms with van der Waals surface area (Å²) in [4.78, 5) is 15.9. The average molecular weight is 244 g/mol. The predicted octanol–water partition coefficient (Wildman–Crippen LogP) is 2.04. The lowest BCUT2D eigenvalue weighted by atomic mass is 10.1. The van der Waals surface area contributed by atoms with Gasteiger partial charge in [-0.15, -0.1) is 0 Å². The highest BCUT2D eigenvalue weighted by molar-refractivity contribution is 5.94. The van der Waals surface area contributed by atoms with Crippen molar-refractivity contribution in [2.45, 2.75) is 26.3 Å². The van der Waals surface area contributed by atoms with Crippen LogP contribution in [0.4, 0.5) is 5.69 Å². The lowest BCUT2D eigenvalue weighted by Gasteiger charge is -2.14. The highest BCUT2D eigenvalue weighted by atomic mass is 16.2. The highest BCUT2D eigenvalue weighted by Crippen LogP contribution is 2.17. The van der Waals surface area contributed by atoms with E-state index in [2.05, 4.69) is 22.3 Å². The third-order valence-electron chi connectivity index (χ3n) is 2.87. The van der Waals surface area contributed by atoms with Crippen LogP contribution in [0.15, 0.2) is 36.9 Å². The van der Waals surface area contributed by atoms with E-state index in [1.54, 1.807) is 6.92 Å². The standard InChI is InChI=1S/C13H16N4O/c1-3-11-6-4-5-7-12(11)16-13(18)10(2)17-9-14-8-15-17/h4-10H,3H2,1-2H3,(H,16,18)/t10-/m1/s1. The molecule has 5 nitrogen and oxygen atoms in total. The van der Waals surface area contributed by atoms with E-state index in [1.807, 2.05) is 24.3 Å². The average Bonchev–Trinajstić information content (AvgIpc) is 2.92. The number of amides is 1. The second kappa shape index (κ2) is 5.44. The number of nitrogens with zero attached hydrogens (tertiary/aromatic N) is 3. The first-order chi connectivity index (χ1) is 8.72. The Kier molecular flexibility index (Phi) is 3.72. The molecule has 1 atom stereocenters. The zero-order valence-electron chi connectivity index (χ0n) is 10.5. The molecule has 2 rings (SSSR count). The maximum absolute atomic E-state index is 12.1. The maximum Gasteiger partial charge on any atom is 0.249 e. The van der Waals surface area contributed by atoms with Gasteiger partial charge in [0.1, 0.15) is 18.7 Å². The van der Waals surface area contributed by atoms with E-state index in [-0.39, 0.29) is 11.9 Å². The molecule has 0 fully saturated rings. The Morgan fingerprint density at radius 2 is 2.22 bits per heavy atom. The monoisotopic (exact) mass is 244 g/mol. The summed E-state index contributed by atoms with van der Waals surface area (Å²) in [6.45, 7) is 3.85. The van der Waals surface area contributed by atoms with Crippen molar-refractivity contribution in [2.75, 3.05) is 5.32 Å². The normalized spacial score (nSPS) is 12.1. The van der Waals surface area contributed by atoms with Crippen molar-refractivity contribution in [3.05, 3.63) is 42.5 Å². The van der Waals surface area contributed by atoms with Crippen LogP contribution in [-0.2, 0) is 11.2 Å². The van der Waals surface area contributed by atoms with Crippen LogP contribution in [-0.4, -0.2) is 20.7 Å². The van der Waals surface area contributed by atoms with Crippen LogP contribution in [0, 0.1) is 0 Å². The molecule has 5 heteroatoms. The number of anilines is 1. The summed E-state index contributed by atoms with van der Waals surface area (Å²) in [6, 6.07) is 7.42. The fraction of sp³-hybridized carbons (Fsp3) is 0.308. The molecule has 94 valence electrons. The van der Waals surface area contributed by atoms with Crippen molar-refractivity contribution in [1.82, 2.24) is 14.8 Å². The molecule has 1 aromatic heterocycles. The second-order valence-electron chi connectivity index (χ2n) is 4.05. The minimum absolute atomic E-state index is 0.0959. The summed E-state index contributed by atoms with van der Waals surface area (Å²) in [5.41, 5.74) is 1.98. The minimum atomic E-state index is -0.377. The van der Waals surface area contributed by atoms with Crippen molar-refractivity contribution < 1.29 is 4.79 Å². The largest absolute Gasteiger partial charge is 0.324 e. The van der Waals surface area contributed by atoms with Crippen molar-refractivity contribution in [1.29, 1.82) is 0 Å². The van der Waals surface area contributed by atoms with E-state index in [0.29, 0.717) is 0 Å². The van der Waals surface area contributed by atoms with Gasteiger partial charge in [0.2, 0.25) is 5.91 Å². The van der Waals surface area contributed by atoms with Gasteiger partial charge in [0, 0.05) is 5.69 Å². The van der Waals surface area contributed by atoms with Crippen LogP contribution in [0.3, 0.4) is 0 Å². The molecular formula is C13H16N4O. The number of hydrogen-bond acceptors (Lipinski definition) is 3. The Balaban J connectivity index is 2.12. The van der Waals surface area contributed by atoms with Crippen LogP contribution in [0.5, 0.6) is 0 Å². The highest BCUT2D eigenvalue weighted by Gasteiger charge is 2.16. The van der Waals surface area contributed by atoms with Gasteiger partial charge in [-0.25, -0.2) is 9.67 Å². The summed E-state index contributed by atoms with van der Waals surface area (Å²) in [5.74, 6) is -0.0959. The fourth-order valence-corrected chi connectivity index (χ4v) is 1.73.